The Hall–Kier alpha value is -1.99. The Morgan fingerprint density at radius 2 is 2.33 bits per heavy atom. The molecule has 1 amide bonds. The fraction of sp³-hybridized carbons (Fsp3) is 0.500. The lowest BCUT2D eigenvalue weighted by Gasteiger charge is -2.39. The van der Waals surface area contributed by atoms with E-state index >= 15 is 0 Å². The number of likely N-dealkylation sites (N-methyl/N-ethyl adjacent to an activating group) is 1. The Kier molecular flexibility index (Phi) is 4.87. The number of nitro groups is 1. The molecule has 0 saturated carbocycles. The molecule has 7 heteroatoms. The minimum atomic E-state index is -0.399. The SMILES string of the molecule is CNC(=O)C1CNCCN1C(C)c1cccc([N+](=O)[O-])c1. The lowest BCUT2D eigenvalue weighted by Crippen LogP contribution is -2.57. The second-order valence-electron chi connectivity index (χ2n) is 5.10. The molecule has 114 valence electrons. The molecule has 0 aliphatic carbocycles. The molecular formula is C14H20N4O3. The molecule has 1 heterocycles. The van der Waals surface area contributed by atoms with Crippen LogP contribution in [0.15, 0.2) is 24.3 Å². The first-order valence-corrected chi connectivity index (χ1v) is 6.97. The molecule has 2 rings (SSSR count). The van der Waals surface area contributed by atoms with Crippen molar-refractivity contribution in [2.75, 3.05) is 26.7 Å². The van der Waals surface area contributed by atoms with Crippen LogP contribution in [0.5, 0.6) is 0 Å². The monoisotopic (exact) mass is 292 g/mol. The van der Waals surface area contributed by atoms with Crippen molar-refractivity contribution in [3.8, 4) is 0 Å². The molecule has 1 aliphatic rings. The van der Waals surface area contributed by atoms with Gasteiger partial charge in [0.1, 0.15) is 6.04 Å². The molecule has 0 radical (unpaired) electrons. The number of non-ortho nitro benzene ring substituents is 1. The van der Waals surface area contributed by atoms with Crippen molar-refractivity contribution in [1.29, 1.82) is 0 Å². The third kappa shape index (κ3) is 3.37. The summed E-state index contributed by atoms with van der Waals surface area (Å²) in [5.41, 5.74) is 0.922. The van der Waals surface area contributed by atoms with Gasteiger partial charge in [-0.2, -0.15) is 0 Å². The number of benzene rings is 1. The van der Waals surface area contributed by atoms with E-state index in [0.717, 1.165) is 18.7 Å². The van der Waals surface area contributed by atoms with E-state index < -0.39 is 4.92 Å². The van der Waals surface area contributed by atoms with E-state index in [1.54, 1.807) is 19.2 Å². The number of hydrogen-bond donors (Lipinski definition) is 2. The quantitative estimate of drug-likeness (QED) is 0.629. The smallest absolute Gasteiger partial charge is 0.269 e. The molecule has 2 N–H and O–H groups in total. The van der Waals surface area contributed by atoms with Gasteiger partial charge in [0, 0.05) is 44.9 Å². The molecule has 1 aromatic rings. The highest BCUT2D eigenvalue weighted by molar-refractivity contribution is 5.81. The largest absolute Gasteiger partial charge is 0.358 e. The Bertz CT molecular complexity index is 535. The summed E-state index contributed by atoms with van der Waals surface area (Å²) in [6, 6.07) is 6.27. The molecule has 1 aromatic carbocycles. The van der Waals surface area contributed by atoms with E-state index in [1.807, 2.05) is 13.0 Å². The summed E-state index contributed by atoms with van der Waals surface area (Å²) in [6.07, 6.45) is 0. The van der Waals surface area contributed by atoms with Crippen LogP contribution < -0.4 is 10.6 Å². The number of nitro benzene ring substituents is 1. The summed E-state index contributed by atoms with van der Waals surface area (Å²) in [6.45, 7) is 4.08. The zero-order chi connectivity index (χ0) is 15.4. The predicted molar refractivity (Wildman–Crippen MR) is 78.9 cm³/mol. The first kappa shape index (κ1) is 15.4. The van der Waals surface area contributed by atoms with Gasteiger partial charge in [0.15, 0.2) is 0 Å². The molecular weight excluding hydrogens is 272 g/mol. The van der Waals surface area contributed by atoms with E-state index in [2.05, 4.69) is 15.5 Å². The van der Waals surface area contributed by atoms with Crippen LogP contribution in [0.25, 0.3) is 0 Å². The van der Waals surface area contributed by atoms with Crippen molar-refractivity contribution in [3.05, 3.63) is 39.9 Å². The van der Waals surface area contributed by atoms with E-state index in [9.17, 15) is 14.9 Å². The second kappa shape index (κ2) is 6.64. The number of piperazine rings is 1. The Labute approximate surface area is 123 Å². The maximum absolute atomic E-state index is 12.0. The van der Waals surface area contributed by atoms with Crippen molar-refractivity contribution < 1.29 is 9.72 Å². The minimum Gasteiger partial charge on any atom is -0.358 e. The normalized spacial score (nSPS) is 20.8. The second-order valence-corrected chi connectivity index (χ2v) is 5.10. The fourth-order valence-corrected chi connectivity index (χ4v) is 2.68. The first-order chi connectivity index (χ1) is 10.0. The lowest BCUT2D eigenvalue weighted by atomic mass is 10.0. The molecule has 7 nitrogen and oxygen atoms in total. The van der Waals surface area contributed by atoms with Gasteiger partial charge in [0.25, 0.3) is 5.69 Å². The molecule has 1 aliphatic heterocycles. The van der Waals surface area contributed by atoms with Crippen molar-refractivity contribution >= 4 is 11.6 Å². The van der Waals surface area contributed by atoms with Crippen LogP contribution in [0.4, 0.5) is 5.69 Å². The average Bonchev–Trinajstić information content (AvgIpc) is 2.53. The zero-order valence-electron chi connectivity index (χ0n) is 12.2. The molecule has 21 heavy (non-hydrogen) atoms. The summed E-state index contributed by atoms with van der Waals surface area (Å²) in [5, 5.41) is 16.8. The highest BCUT2D eigenvalue weighted by Gasteiger charge is 2.32. The third-order valence-corrected chi connectivity index (χ3v) is 3.89. The molecule has 1 saturated heterocycles. The topological polar surface area (TPSA) is 87.5 Å². The third-order valence-electron chi connectivity index (χ3n) is 3.89. The average molecular weight is 292 g/mol. The number of carbonyl (C=O) groups excluding carboxylic acids is 1. The van der Waals surface area contributed by atoms with Gasteiger partial charge in [-0.25, -0.2) is 0 Å². The van der Waals surface area contributed by atoms with Crippen LogP contribution in [-0.2, 0) is 4.79 Å². The maximum atomic E-state index is 12.0. The number of nitrogens with one attached hydrogen (secondary N) is 2. The van der Waals surface area contributed by atoms with Gasteiger partial charge in [-0.05, 0) is 12.5 Å². The molecule has 2 atom stereocenters. The number of nitrogens with zero attached hydrogens (tertiary/aromatic N) is 2. The van der Waals surface area contributed by atoms with Crippen LogP contribution in [0.3, 0.4) is 0 Å². The molecule has 0 spiro atoms. The van der Waals surface area contributed by atoms with Crippen LogP contribution >= 0.6 is 0 Å². The van der Waals surface area contributed by atoms with Gasteiger partial charge in [0.05, 0.1) is 4.92 Å². The van der Waals surface area contributed by atoms with E-state index in [4.69, 9.17) is 0 Å². The van der Waals surface area contributed by atoms with Gasteiger partial charge < -0.3 is 10.6 Å². The van der Waals surface area contributed by atoms with Gasteiger partial charge >= 0.3 is 0 Å². The molecule has 0 aromatic heterocycles. The molecule has 0 bridgehead atoms. The van der Waals surface area contributed by atoms with Crippen molar-refractivity contribution in [3.63, 3.8) is 0 Å². The number of carbonyl (C=O) groups is 1. The predicted octanol–water partition coefficient (Wildman–Crippen LogP) is 0.676. The Balaban J connectivity index is 2.24. The minimum absolute atomic E-state index is 0.0421. The summed E-state index contributed by atoms with van der Waals surface area (Å²) in [7, 11) is 1.62. The van der Waals surface area contributed by atoms with Gasteiger partial charge in [-0.3, -0.25) is 19.8 Å². The van der Waals surface area contributed by atoms with Crippen LogP contribution in [0.1, 0.15) is 18.5 Å². The fourth-order valence-electron chi connectivity index (χ4n) is 2.68. The van der Waals surface area contributed by atoms with E-state index in [1.165, 1.54) is 6.07 Å². The Morgan fingerprint density at radius 3 is 3.00 bits per heavy atom. The zero-order valence-corrected chi connectivity index (χ0v) is 12.2. The highest BCUT2D eigenvalue weighted by Crippen LogP contribution is 2.26. The van der Waals surface area contributed by atoms with Crippen molar-refractivity contribution in [1.82, 2.24) is 15.5 Å². The Morgan fingerprint density at radius 1 is 1.57 bits per heavy atom. The molecule has 2 unspecified atom stereocenters. The first-order valence-electron chi connectivity index (χ1n) is 6.97. The van der Waals surface area contributed by atoms with Crippen LogP contribution in [0, 0.1) is 10.1 Å². The number of hydrogen-bond acceptors (Lipinski definition) is 5. The summed E-state index contributed by atoms with van der Waals surface area (Å²) in [5.74, 6) is -0.0421. The van der Waals surface area contributed by atoms with Crippen molar-refractivity contribution in [2.45, 2.75) is 19.0 Å². The van der Waals surface area contributed by atoms with Gasteiger partial charge in [0.2, 0.25) is 5.91 Å². The summed E-state index contributed by atoms with van der Waals surface area (Å²) < 4.78 is 0. The van der Waals surface area contributed by atoms with Gasteiger partial charge in [-0.15, -0.1) is 0 Å². The maximum Gasteiger partial charge on any atom is 0.269 e. The number of amides is 1. The van der Waals surface area contributed by atoms with Crippen LogP contribution in [0.2, 0.25) is 0 Å². The lowest BCUT2D eigenvalue weighted by molar-refractivity contribution is -0.385. The van der Waals surface area contributed by atoms with Crippen LogP contribution in [-0.4, -0.2) is 48.5 Å². The standard InChI is InChI=1S/C14H20N4O3/c1-10(11-4-3-5-12(8-11)18(20)21)17-7-6-16-9-13(17)14(19)15-2/h3-5,8,10,13,16H,6-7,9H2,1-2H3,(H,15,19). The highest BCUT2D eigenvalue weighted by atomic mass is 16.6. The van der Waals surface area contributed by atoms with E-state index in [-0.39, 0.29) is 23.7 Å². The summed E-state index contributed by atoms with van der Waals surface area (Å²) >= 11 is 0. The van der Waals surface area contributed by atoms with E-state index in [0.29, 0.717) is 6.54 Å². The number of rotatable bonds is 4. The summed E-state index contributed by atoms with van der Waals surface area (Å²) in [4.78, 5) is 24.6. The van der Waals surface area contributed by atoms with Crippen molar-refractivity contribution in [2.24, 2.45) is 0 Å². The molecule has 1 fully saturated rings. The van der Waals surface area contributed by atoms with Gasteiger partial charge in [-0.1, -0.05) is 12.1 Å².